The number of hydrogen-bond donors (Lipinski definition) is 1. The molecule has 29 heavy (non-hydrogen) atoms. The zero-order chi connectivity index (χ0) is 21.0. The molecule has 156 valence electrons. The molecule has 0 unspecified atom stereocenters. The van der Waals surface area contributed by atoms with Crippen LogP contribution in [0.3, 0.4) is 0 Å². The molecular weight excluding hydrogens is 368 g/mol. The summed E-state index contributed by atoms with van der Waals surface area (Å²) in [5.74, 6) is 0.772. The normalized spacial score (nSPS) is 15.3. The molecule has 3 heterocycles. The average Bonchev–Trinajstić information content (AvgIpc) is 3.18. The number of hydrogen-bond acceptors (Lipinski definition) is 4. The maximum Gasteiger partial charge on any atom is 0.259 e. The van der Waals surface area contributed by atoms with Gasteiger partial charge in [0.1, 0.15) is 12.4 Å². The van der Waals surface area contributed by atoms with Crippen molar-refractivity contribution in [2.24, 2.45) is 5.10 Å². The smallest absolute Gasteiger partial charge is 0.259 e. The van der Waals surface area contributed by atoms with Crippen LogP contribution in [0, 0.1) is 13.8 Å². The summed E-state index contributed by atoms with van der Waals surface area (Å²) in [5, 5.41) is 8.52. The summed E-state index contributed by atoms with van der Waals surface area (Å²) in [6.45, 7) is 8.94. The van der Waals surface area contributed by atoms with Crippen LogP contribution in [0.15, 0.2) is 23.4 Å². The molecule has 8 heteroatoms. The Kier molecular flexibility index (Phi) is 6.51. The molecule has 0 aromatic carbocycles. The summed E-state index contributed by atoms with van der Waals surface area (Å²) in [5.41, 5.74) is 5.55. The lowest BCUT2D eigenvalue weighted by molar-refractivity contribution is -0.135. The molecular formula is C21H30N6O2. The fraction of sp³-hybridized carbons (Fsp3) is 0.524. The second-order valence-electron chi connectivity index (χ2n) is 7.81. The van der Waals surface area contributed by atoms with E-state index in [9.17, 15) is 9.59 Å². The van der Waals surface area contributed by atoms with Crippen molar-refractivity contribution in [3.63, 3.8) is 0 Å². The Hall–Kier alpha value is -2.90. The molecule has 1 N–H and O–H groups in total. The molecule has 0 spiro atoms. The van der Waals surface area contributed by atoms with E-state index in [1.165, 1.54) is 0 Å². The van der Waals surface area contributed by atoms with Gasteiger partial charge in [0, 0.05) is 42.0 Å². The van der Waals surface area contributed by atoms with Crippen LogP contribution in [0.2, 0.25) is 0 Å². The second kappa shape index (κ2) is 9.07. The molecule has 0 bridgehead atoms. The molecule has 0 atom stereocenters. The molecule has 2 aromatic heterocycles. The zero-order valence-corrected chi connectivity index (χ0v) is 17.7. The van der Waals surface area contributed by atoms with Gasteiger partial charge in [0.15, 0.2) is 0 Å². The standard InChI is InChI=1S/C21H30N6O2/c1-15(2)27-20(9-10-23-27)26-16(3)12-18(17(26)4)13-22-24-19(28)14-25-11-7-5-6-8-21(25)29/h9-10,12-13,15H,5-8,11,14H2,1-4H3,(H,24,28)/b22-13-. The number of likely N-dealkylation sites (tertiary alicyclic amines) is 1. The van der Waals surface area contributed by atoms with Crippen LogP contribution >= 0.6 is 0 Å². The van der Waals surface area contributed by atoms with Gasteiger partial charge in [-0.3, -0.25) is 9.59 Å². The van der Waals surface area contributed by atoms with Gasteiger partial charge in [0.2, 0.25) is 5.91 Å². The Labute approximate surface area is 171 Å². The predicted molar refractivity (Wildman–Crippen MR) is 112 cm³/mol. The van der Waals surface area contributed by atoms with Crippen LogP contribution < -0.4 is 5.43 Å². The molecule has 0 saturated carbocycles. The summed E-state index contributed by atoms with van der Waals surface area (Å²) in [6, 6.07) is 4.27. The van der Waals surface area contributed by atoms with E-state index in [1.54, 1.807) is 17.3 Å². The van der Waals surface area contributed by atoms with E-state index >= 15 is 0 Å². The van der Waals surface area contributed by atoms with Gasteiger partial charge in [-0.05, 0) is 46.6 Å². The largest absolute Gasteiger partial charge is 0.333 e. The first kappa shape index (κ1) is 20.8. The monoisotopic (exact) mass is 398 g/mol. The molecule has 0 radical (unpaired) electrons. The summed E-state index contributed by atoms with van der Waals surface area (Å²) < 4.78 is 4.10. The van der Waals surface area contributed by atoms with Crippen molar-refractivity contribution in [1.29, 1.82) is 0 Å². The summed E-state index contributed by atoms with van der Waals surface area (Å²) in [4.78, 5) is 25.8. The third-order valence-corrected chi connectivity index (χ3v) is 5.24. The lowest BCUT2D eigenvalue weighted by Crippen LogP contribution is -2.39. The van der Waals surface area contributed by atoms with Gasteiger partial charge < -0.3 is 9.47 Å². The van der Waals surface area contributed by atoms with E-state index in [1.807, 2.05) is 30.7 Å². The number of nitrogens with one attached hydrogen (secondary N) is 1. The van der Waals surface area contributed by atoms with Crippen molar-refractivity contribution in [1.82, 2.24) is 24.7 Å². The first-order valence-electron chi connectivity index (χ1n) is 10.2. The molecule has 1 aliphatic rings. The van der Waals surface area contributed by atoms with Crippen molar-refractivity contribution in [2.75, 3.05) is 13.1 Å². The Morgan fingerprint density at radius 1 is 1.31 bits per heavy atom. The first-order valence-corrected chi connectivity index (χ1v) is 10.2. The van der Waals surface area contributed by atoms with Gasteiger partial charge >= 0.3 is 0 Å². The van der Waals surface area contributed by atoms with Crippen molar-refractivity contribution < 1.29 is 9.59 Å². The molecule has 1 aliphatic heterocycles. The Morgan fingerprint density at radius 2 is 2.10 bits per heavy atom. The second-order valence-corrected chi connectivity index (χ2v) is 7.81. The Balaban J connectivity index is 1.67. The minimum absolute atomic E-state index is 0.0481. The molecule has 2 amide bonds. The van der Waals surface area contributed by atoms with Crippen LogP contribution in [-0.2, 0) is 9.59 Å². The number of hydrazone groups is 1. The van der Waals surface area contributed by atoms with E-state index < -0.39 is 0 Å². The van der Waals surface area contributed by atoms with Crippen LogP contribution in [0.1, 0.15) is 62.5 Å². The summed E-state index contributed by atoms with van der Waals surface area (Å²) in [7, 11) is 0. The first-order chi connectivity index (χ1) is 13.9. The highest BCUT2D eigenvalue weighted by Crippen LogP contribution is 2.21. The number of rotatable bonds is 6. The van der Waals surface area contributed by atoms with Crippen LogP contribution in [0.5, 0.6) is 0 Å². The van der Waals surface area contributed by atoms with Gasteiger partial charge in [0.05, 0.1) is 12.4 Å². The molecule has 8 nitrogen and oxygen atoms in total. The van der Waals surface area contributed by atoms with Crippen molar-refractivity contribution in [2.45, 2.75) is 59.4 Å². The van der Waals surface area contributed by atoms with E-state index in [0.29, 0.717) is 13.0 Å². The highest BCUT2D eigenvalue weighted by Gasteiger charge is 2.19. The van der Waals surface area contributed by atoms with Crippen LogP contribution in [0.4, 0.5) is 0 Å². The molecule has 1 saturated heterocycles. The summed E-state index contributed by atoms with van der Waals surface area (Å²) in [6.07, 6.45) is 6.86. The van der Waals surface area contributed by atoms with E-state index in [2.05, 4.69) is 34.0 Å². The van der Waals surface area contributed by atoms with Gasteiger partial charge in [-0.25, -0.2) is 10.1 Å². The Morgan fingerprint density at radius 3 is 2.86 bits per heavy atom. The fourth-order valence-electron chi connectivity index (χ4n) is 3.74. The van der Waals surface area contributed by atoms with Crippen LogP contribution in [0.25, 0.3) is 5.82 Å². The van der Waals surface area contributed by atoms with Crippen molar-refractivity contribution in [3.05, 3.63) is 35.3 Å². The molecule has 0 aliphatic carbocycles. The van der Waals surface area contributed by atoms with Crippen LogP contribution in [-0.4, -0.2) is 50.4 Å². The SMILES string of the molecule is Cc1cc(/C=N\NC(=O)CN2CCCCCC2=O)c(C)n1-c1ccnn1C(C)C. The van der Waals surface area contributed by atoms with E-state index in [0.717, 1.165) is 42.0 Å². The Bertz CT molecular complexity index is 908. The average molecular weight is 399 g/mol. The number of aryl methyl sites for hydroxylation is 1. The molecule has 2 aromatic rings. The van der Waals surface area contributed by atoms with Gasteiger partial charge in [-0.2, -0.15) is 10.2 Å². The topological polar surface area (TPSA) is 84.5 Å². The number of carbonyl (C=O) groups excluding carboxylic acids is 2. The number of amides is 2. The third-order valence-electron chi connectivity index (χ3n) is 5.24. The highest BCUT2D eigenvalue weighted by molar-refractivity contribution is 5.87. The lowest BCUT2D eigenvalue weighted by atomic mass is 10.2. The maximum atomic E-state index is 12.2. The number of nitrogens with zero attached hydrogens (tertiary/aromatic N) is 5. The lowest BCUT2D eigenvalue weighted by Gasteiger charge is -2.18. The minimum atomic E-state index is -0.275. The van der Waals surface area contributed by atoms with Gasteiger partial charge in [-0.1, -0.05) is 6.42 Å². The van der Waals surface area contributed by atoms with Crippen molar-refractivity contribution in [3.8, 4) is 5.82 Å². The molecule has 1 fully saturated rings. The fourth-order valence-corrected chi connectivity index (χ4v) is 3.74. The van der Waals surface area contributed by atoms with Gasteiger partial charge in [-0.15, -0.1) is 0 Å². The maximum absolute atomic E-state index is 12.2. The zero-order valence-electron chi connectivity index (χ0n) is 17.7. The quantitative estimate of drug-likeness (QED) is 0.600. The number of aromatic nitrogens is 3. The number of carbonyl (C=O) groups is 2. The van der Waals surface area contributed by atoms with Crippen molar-refractivity contribution >= 4 is 18.0 Å². The third kappa shape index (κ3) is 4.75. The van der Waals surface area contributed by atoms with E-state index in [-0.39, 0.29) is 24.4 Å². The minimum Gasteiger partial charge on any atom is -0.333 e. The van der Waals surface area contributed by atoms with E-state index in [4.69, 9.17) is 0 Å². The van der Waals surface area contributed by atoms with Gasteiger partial charge in [0.25, 0.3) is 5.91 Å². The highest BCUT2D eigenvalue weighted by atomic mass is 16.2. The molecule has 3 rings (SSSR count). The summed E-state index contributed by atoms with van der Waals surface area (Å²) >= 11 is 0. The predicted octanol–water partition coefficient (Wildman–Crippen LogP) is 2.72.